The van der Waals surface area contributed by atoms with Crippen molar-refractivity contribution in [3.05, 3.63) is 47.5 Å². The molecule has 2 rings (SSSR count). The number of nitrogens with two attached hydrogens (primary N) is 1. The molecule has 0 bridgehead atoms. The second-order valence-corrected chi connectivity index (χ2v) is 4.30. The molecule has 4 nitrogen and oxygen atoms in total. The topological polar surface area (TPSA) is 60.2 Å². The van der Waals surface area contributed by atoms with Crippen LogP contribution in [0.1, 0.15) is 11.1 Å². The van der Waals surface area contributed by atoms with Gasteiger partial charge in [0.15, 0.2) is 0 Å². The lowest BCUT2D eigenvalue weighted by Crippen LogP contribution is -2.12. The molecule has 21 heavy (non-hydrogen) atoms. The second-order valence-electron chi connectivity index (χ2n) is 4.30. The van der Waals surface area contributed by atoms with Crippen molar-refractivity contribution < 1.29 is 17.9 Å². The molecule has 0 spiro atoms. The summed E-state index contributed by atoms with van der Waals surface area (Å²) in [6, 6.07) is 8.54. The molecule has 0 unspecified atom stereocenters. The Hall–Kier alpha value is -2.44. The molecule has 1 aromatic carbocycles. The van der Waals surface area contributed by atoms with Gasteiger partial charge < -0.3 is 15.8 Å². The van der Waals surface area contributed by atoms with Gasteiger partial charge in [-0.2, -0.15) is 18.2 Å². The van der Waals surface area contributed by atoms with Crippen LogP contribution in [-0.4, -0.2) is 12.1 Å². The van der Waals surface area contributed by atoms with Crippen molar-refractivity contribution in [1.29, 1.82) is 0 Å². The molecule has 0 aliphatic carbocycles. The fourth-order valence-corrected chi connectivity index (χ4v) is 1.85. The van der Waals surface area contributed by atoms with Crippen LogP contribution in [0.15, 0.2) is 36.4 Å². The maximum absolute atomic E-state index is 12.9. The highest BCUT2D eigenvalue weighted by molar-refractivity contribution is 5.53. The van der Waals surface area contributed by atoms with Gasteiger partial charge in [-0.25, -0.2) is 0 Å². The van der Waals surface area contributed by atoms with E-state index in [1.54, 1.807) is 18.2 Å². The number of aromatic nitrogens is 1. The molecule has 0 aliphatic rings. The first kappa shape index (κ1) is 15.0. The fourth-order valence-electron chi connectivity index (χ4n) is 1.85. The lowest BCUT2D eigenvalue weighted by molar-refractivity contribution is -0.138. The Morgan fingerprint density at radius 3 is 2.57 bits per heavy atom. The molecule has 0 saturated carbocycles. The summed E-state index contributed by atoms with van der Waals surface area (Å²) in [6.07, 6.45) is -4.38. The molecule has 1 aromatic heterocycles. The van der Waals surface area contributed by atoms with Crippen LogP contribution in [0, 0.1) is 0 Å². The number of nitrogen functional groups attached to an aromatic ring is 1. The zero-order valence-electron chi connectivity index (χ0n) is 11.2. The van der Waals surface area contributed by atoms with Crippen molar-refractivity contribution in [2.24, 2.45) is 0 Å². The molecule has 7 heteroatoms. The third kappa shape index (κ3) is 3.56. The van der Waals surface area contributed by atoms with Crippen molar-refractivity contribution in [2.75, 3.05) is 18.2 Å². The van der Waals surface area contributed by atoms with Crippen molar-refractivity contribution in [3.8, 4) is 5.88 Å². The van der Waals surface area contributed by atoms with E-state index in [9.17, 15) is 13.2 Å². The number of anilines is 2. The molecule has 0 atom stereocenters. The van der Waals surface area contributed by atoms with Gasteiger partial charge in [0.1, 0.15) is 5.82 Å². The van der Waals surface area contributed by atoms with Gasteiger partial charge in [-0.15, -0.1) is 0 Å². The van der Waals surface area contributed by atoms with Crippen LogP contribution in [-0.2, 0) is 12.7 Å². The number of nitrogens with zero attached hydrogens (tertiary/aromatic N) is 1. The van der Waals surface area contributed by atoms with Crippen LogP contribution in [0.2, 0.25) is 0 Å². The molecule has 0 amide bonds. The minimum Gasteiger partial charge on any atom is -0.479 e. The predicted molar refractivity (Wildman–Crippen MR) is 74.0 cm³/mol. The number of rotatable bonds is 4. The molecular formula is C14H14F3N3O. The Kier molecular flexibility index (Phi) is 4.21. The normalized spacial score (nSPS) is 11.2. The summed E-state index contributed by atoms with van der Waals surface area (Å²) < 4.78 is 43.6. The number of benzene rings is 1. The average molecular weight is 297 g/mol. The number of ether oxygens (including phenoxy) is 1. The van der Waals surface area contributed by atoms with E-state index in [1.165, 1.54) is 19.2 Å². The van der Waals surface area contributed by atoms with Gasteiger partial charge in [-0.05, 0) is 23.8 Å². The molecule has 1 heterocycles. The molecule has 3 N–H and O–H groups in total. The van der Waals surface area contributed by atoms with Crippen molar-refractivity contribution >= 4 is 11.5 Å². The third-order valence-corrected chi connectivity index (χ3v) is 2.87. The first-order chi connectivity index (χ1) is 9.91. The smallest absolute Gasteiger partial charge is 0.416 e. The quantitative estimate of drug-likeness (QED) is 0.909. The summed E-state index contributed by atoms with van der Waals surface area (Å²) in [5.41, 5.74) is 5.46. The van der Waals surface area contributed by atoms with Crippen molar-refractivity contribution in [1.82, 2.24) is 4.98 Å². The van der Waals surface area contributed by atoms with E-state index in [4.69, 9.17) is 10.5 Å². The largest absolute Gasteiger partial charge is 0.479 e. The second kappa shape index (κ2) is 5.90. The van der Waals surface area contributed by atoms with E-state index in [0.717, 1.165) is 6.07 Å². The third-order valence-electron chi connectivity index (χ3n) is 2.87. The zero-order valence-corrected chi connectivity index (χ0v) is 11.2. The fraction of sp³-hybridized carbons (Fsp3) is 0.214. The molecule has 0 aliphatic heterocycles. The molecular weight excluding hydrogens is 283 g/mol. The van der Waals surface area contributed by atoms with Crippen LogP contribution < -0.4 is 15.8 Å². The summed E-state index contributed by atoms with van der Waals surface area (Å²) >= 11 is 0. The van der Waals surface area contributed by atoms with Gasteiger partial charge >= 0.3 is 6.18 Å². The number of pyridine rings is 1. The van der Waals surface area contributed by atoms with E-state index in [-0.39, 0.29) is 18.0 Å². The minimum absolute atomic E-state index is 0.00421. The van der Waals surface area contributed by atoms with Crippen LogP contribution in [0.3, 0.4) is 0 Å². The molecule has 0 fully saturated rings. The molecule has 0 saturated heterocycles. The number of alkyl halides is 3. The molecule has 2 aromatic rings. The Morgan fingerprint density at radius 2 is 1.90 bits per heavy atom. The highest BCUT2D eigenvalue weighted by atomic mass is 19.4. The van der Waals surface area contributed by atoms with Crippen molar-refractivity contribution in [2.45, 2.75) is 12.7 Å². The van der Waals surface area contributed by atoms with Crippen LogP contribution >= 0.6 is 0 Å². The van der Waals surface area contributed by atoms with Crippen LogP contribution in [0.25, 0.3) is 0 Å². The van der Waals surface area contributed by atoms with Crippen LogP contribution in [0.5, 0.6) is 5.88 Å². The highest BCUT2D eigenvalue weighted by Crippen LogP contribution is 2.32. The summed E-state index contributed by atoms with van der Waals surface area (Å²) in [4.78, 5) is 4.06. The Morgan fingerprint density at radius 1 is 1.19 bits per heavy atom. The van der Waals surface area contributed by atoms with Gasteiger partial charge in [-0.1, -0.05) is 18.2 Å². The standard InChI is InChI=1S/C14H14F3N3O/c1-21-13-11(18)6-7-12(20-13)19-8-9-4-2-3-5-10(9)14(15,16)17/h2-7H,8,18H2,1H3,(H,19,20). The summed E-state index contributed by atoms with van der Waals surface area (Å²) in [5.74, 6) is 0.613. The number of nitrogens with one attached hydrogen (secondary N) is 1. The number of halogens is 3. The van der Waals surface area contributed by atoms with E-state index in [0.29, 0.717) is 11.5 Å². The maximum atomic E-state index is 12.9. The SMILES string of the molecule is COc1nc(NCc2ccccc2C(F)(F)F)ccc1N. The summed E-state index contributed by atoms with van der Waals surface area (Å²) in [6.45, 7) is -0.00421. The van der Waals surface area contributed by atoms with Gasteiger partial charge in [0.2, 0.25) is 5.88 Å². The lowest BCUT2D eigenvalue weighted by atomic mass is 10.1. The number of methoxy groups -OCH3 is 1. The van der Waals surface area contributed by atoms with Gasteiger partial charge in [0.05, 0.1) is 18.4 Å². The first-order valence-corrected chi connectivity index (χ1v) is 6.11. The van der Waals surface area contributed by atoms with E-state index in [1.807, 2.05) is 0 Å². The van der Waals surface area contributed by atoms with E-state index < -0.39 is 11.7 Å². The van der Waals surface area contributed by atoms with Crippen molar-refractivity contribution in [3.63, 3.8) is 0 Å². The van der Waals surface area contributed by atoms with Crippen LogP contribution in [0.4, 0.5) is 24.7 Å². The maximum Gasteiger partial charge on any atom is 0.416 e. The Labute approximate surface area is 119 Å². The monoisotopic (exact) mass is 297 g/mol. The zero-order chi connectivity index (χ0) is 15.5. The lowest BCUT2D eigenvalue weighted by Gasteiger charge is -2.14. The predicted octanol–water partition coefficient (Wildman–Crippen LogP) is 3.30. The molecule has 112 valence electrons. The molecule has 0 radical (unpaired) electrons. The van der Waals surface area contributed by atoms with Gasteiger partial charge in [0, 0.05) is 6.54 Å². The Balaban J connectivity index is 2.17. The number of hydrogen-bond donors (Lipinski definition) is 2. The summed E-state index contributed by atoms with van der Waals surface area (Å²) in [7, 11) is 1.42. The first-order valence-electron chi connectivity index (χ1n) is 6.11. The number of hydrogen-bond acceptors (Lipinski definition) is 4. The van der Waals surface area contributed by atoms with Gasteiger partial charge in [0.25, 0.3) is 0 Å². The van der Waals surface area contributed by atoms with E-state index in [2.05, 4.69) is 10.3 Å². The average Bonchev–Trinajstić information content (AvgIpc) is 2.45. The highest BCUT2D eigenvalue weighted by Gasteiger charge is 2.32. The van der Waals surface area contributed by atoms with Gasteiger partial charge in [-0.3, -0.25) is 0 Å². The van der Waals surface area contributed by atoms with E-state index >= 15 is 0 Å². The Bertz CT molecular complexity index is 629. The summed E-state index contributed by atoms with van der Waals surface area (Å²) in [5, 5.41) is 2.83. The minimum atomic E-state index is -4.38.